The molecule has 1 aromatic rings. The van der Waals surface area contributed by atoms with Gasteiger partial charge in [0.1, 0.15) is 11.5 Å². The van der Waals surface area contributed by atoms with Gasteiger partial charge in [0.15, 0.2) is 0 Å². The van der Waals surface area contributed by atoms with Gasteiger partial charge in [-0.05, 0) is 38.9 Å². The van der Waals surface area contributed by atoms with Gasteiger partial charge in [0, 0.05) is 18.2 Å². The van der Waals surface area contributed by atoms with Gasteiger partial charge < -0.3 is 14.6 Å². The average Bonchev–Trinajstić information content (AvgIpc) is 2.44. The summed E-state index contributed by atoms with van der Waals surface area (Å²) in [6.07, 6.45) is 0.868. The number of ether oxygens (including phenoxy) is 2. The summed E-state index contributed by atoms with van der Waals surface area (Å²) in [6.45, 7) is 5.05. The molecule has 0 saturated carbocycles. The normalized spacial score (nSPS) is 11.7. The van der Waals surface area contributed by atoms with Crippen LogP contribution in [0.5, 0.6) is 11.5 Å². The highest BCUT2D eigenvalue weighted by Gasteiger charge is 2.22. The topological polar surface area (TPSA) is 41.9 Å². The molecule has 4 nitrogen and oxygen atoms in total. The number of benzene rings is 1. The molecule has 1 rings (SSSR count). The van der Waals surface area contributed by atoms with E-state index in [0.29, 0.717) is 0 Å². The van der Waals surface area contributed by atoms with Crippen molar-refractivity contribution in [3.63, 3.8) is 0 Å². The van der Waals surface area contributed by atoms with Gasteiger partial charge in [-0.1, -0.05) is 6.07 Å². The van der Waals surface area contributed by atoms with Crippen LogP contribution in [-0.4, -0.2) is 50.0 Å². The van der Waals surface area contributed by atoms with Gasteiger partial charge in [-0.3, -0.25) is 4.90 Å². The largest absolute Gasteiger partial charge is 0.497 e. The predicted molar refractivity (Wildman–Crippen MR) is 77.0 cm³/mol. The Balaban J connectivity index is 2.72. The maximum Gasteiger partial charge on any atom is 0.125 e. The summed E-state index contributed by atoms with van der Waals surface area (Å²) in [5.74, 6) is 1.64. The Hall–Kier alpha value is -1.26. The fourth-order valence-electron chi connectivity index (χ4n) is 1.77. The Morgan fingerprint density at radius 3 is 2.42 bits per heavy atom. The molecule has 0 bridgehead atoms. The molecular formula is C15H25NO3. The van der Waals surface area contributed by atoms with Crippen LogP contribution in [0, 0.1) is 0 Å². The summed E-state index contributed by atoms with van der Waals surface area (Å²) in [7, 11) is 5.33. The number of likely N-dealkylation sites (N-methyl/N-ethyl adjacent to an activating group) is 1. The van der Waals surface area contributed by atoms with Gasteiger partial charge in [-0.15, -0.1) is 0 Å². The van der Waals surface area contributed by atoms with E-state index in [9.17, 15) is 5.11 Å². The first kappa shape index (κ1) is 15.8. The minimum Gasteiger partial charge on any atom is -0.497 e. The van der Waals surface area contributed by atoms with Crippen LogP contribution in [0.1, 0.15) is 19.4 Å². The standard InChI is InChI=1S/C15H25NO3/c1-15(2,11-17)16(3)9-8-12-6-7-13(18-4)10-14(12)19-5/h6-7,10,17H,8-9,11H2,1-5H3. The van der Waals surface area contributed by atoms with Crippen LogP contribution in [-0.2, 0) is 6.42 Å². The molecule has 0 fully saturated rings. The molecule has 0 heterocycles. The molecule has 108 valence electrons. The molecular weight excluding hydrogens is 242 g/mol. The molecule has 0 unspecified atom stereocenters. The van der Waals surface area contributed by atoms with Crippen molar-refractivity contribution in [1.82, 2.24) is 4.90 Å². The van der Waals surface area contributed by atoms with Crippen LogP contribution in [0.15, 0.2) is 18.2 Å². The van der Waals surface area contributed by atoms with Crippen LogP contribution in [0.2, 0.25) is 0 Å². The number of aliphatic hydroxyl groups excluding tert-OH is 1. The maximum absolute atomic E-state index is 9.35. The zero-order chi connectivity index (χ0) is 14.5. The number of aliphatic hydroxyl groups is 1. The maximum atomic E-state index is 9.35. The van der Waals surface area contributed by atoms with Gasteiger partial charge in [0.25, 0.3) is 0 Å². The summed E-state index contributed by atoms with van der Waals surface area (Å²) in [4.78, 5) is 2.15. The van der Waals surface area contributed by atoms with Gasteiger partial charge in [0.2, 0.25) is 0 Å². The SMILES string of the molecule is COc1ccc(CCN(C)C(C)(C)CO)c(OC)c1. The van der Waals surface area contributed by atoms with Crippen molar-refractivity contribution < 1.29 is 14.6 Å². The van der Waals surface area contributed by atoms with E-state index in [2.05, 4.69) is 4.90 Å². The van der Waals surface area contributed by atoms with E-state index in [1.165, 1.54) is 0 Å². The highest BCUT2D eigenvalue weighted by Crippen LogP contribution is 2.25. The van der Waals surface area contributed by atoms with E-state index >= 15 is 0 Å². The molecule has 0 aromatic heterocycles. The summed E-state index contributed by atoms with van der Waals surface area (Å²) in [6, 6.07) is 5.86. The lowest BCUT2D eigenvalue weighted by Gasteiger charge is -2.34. The molecule has 4 heteroatoms. The van der Waals surface area contributed by atoms with Crippen molar-refractivity contribution >= 4 is 0 Å². The Bertz CT molecular complexity index is 404. The Kier molecular flexibility index (Phi) is 5.63. The van der Waals surface area contributed by atoms with E-state index in [1.807, 2.05) is 39.1 Å². The lowest BCUT2D eigenvalue weighted by molar-refractivity contribution is 0.0799. The molecule has 1 N–H and O–H groups in total. The predicted octanol–water partition coefficient (Wildman–Crippen LogP) is 1.95. The molecule has 0 spiro atoms. The van der Waals surface area contributed by atoms with E-state index < -0.39 is 0 Å². The first-order chi connectivity index (χ1) is 8.94. The Morgan fingerprint density at radius 1 is 1.21 bits per heavy atom. The van der Waals surface area contributed by atoms with Crippen molar-refractivity contribution in [3.8, 4) is 11.5 Å². The Labute approximate surface area is 115 Å². The van der Waals surface area contributed by atoms with Crippen molar-refractivity contribution in [2.24, 2.45) is 0 Å². The zero-order valence-electron chi connectivity index (χ0n) is 12.6. The second-order valence-electron chi connectivity index (χ2n) is 5.32. The molecule has 0 atom stereocenters. The van der Waals surface area contributed by atoms with Crippen LogP contribution in [0.25, 0.3) is 0 Å². The Morgan fingerprint density at radius 2 is 1.89 bits per heavy atom. The molecule has 0 saturated heterocycles. The summed E-state index contributed by atoms with van der Waals surface area (Å²) in [5.41, 5.74) is 0.934. The van der Waals surface area contributed by atoms with E-state index in [0.717, 1.165) is 30.0 Å². The van der Waals surface area contributed by atoms with Crippen LogP contribution < -0.4 is 9.47 Å². The first-order valence-corrected chi connectivity index (χ1v) is 6.47. The molecule has 0 amide bonds. The minimum atomic E-state index is -0.209. The molecule has 0 radical (unpaired) electrons. The minimum absolute atomic E-state index is 0.142. The van der Waals surface area contributed by atoms with E-state index in [4.69, 9.17) is 9.47 Å². The van der Waals surface area contributed by atoms with Gasteiger partial charge in [0.05, 0.1) is 20.8 Å². The van der Waals surface area contributed by atoms with E-state index in [1.54, 1.807) is 14.2 Å². The lowest BCUT2D eigenvalue weighted by Crippen LogP contribution is -2.45. The third kappa shape index (κ3) is 4.11. The molecule has 0 aliphatic rings. The summed E-state index contributed by atoms with van der Waals surface area (Å²) >= 11 is 0. The van der Waals surface area contributed by atoms with Gasteiger partial charge in [-0.2, -0.15) is 0 Å². The quantitative estimate of drug-likeness (QED) is 0.820. The smallest absolute Gasteiger partial charge is 0.125 e. The number of nitrogens with zero attached hydrogens (tertiary/aromatic N) is 1. The van der Waals surface area contributed by atoms with Crippen molar-refractivity contribution in [2.45, 2.75) is 25.8 Å². The zero-order valence-corrected chi connectivity index (χ0v) is 12.6. The fraction of sp³-hybridized carbons (Fsp3) is 0.600. The van der Waals surface area contributed by atoms with Crippen LogP contribution >= 0.6 is 0 Å². The monoisotopic (exact) mass is 267 g/mol. The first-order valence-electron chi connectivity index (χ1n) is 6.47. The fourth-order valence-corrected chi connectivity index (χ4v) is 1.77. The molecule has 19 heavy (non-hydrogen) atoms. The van der Waals surface area contributed by atoms with Crippen molar-refractivity contribution in [2.75, 3.05) is 34.4 Å². The number of hydrogen-bond donors (Lipinski definition) is 1. The number of hydrogen-bond acceptors (Lipinski definition) is 4. The van der Waals surface area contributed by atoms with Crippen molar-refractivity contribution in [3.05, 3.63) is 23.8 Å². The van der Waals surface area contributed by atoms with Crippen molar-refractivity contribution in [1.29, 1.82) is 0 Å². The third-order valence-corrected chi connectivity index (χ3v) is 3.63. The molecule has 0 aliphatic carbocycles. The highest BCUT2D eigenvalue weighted by molar-refractivity contribution is 5.40. The molecule has 1 aromatic carbocycles. The molecule has 0 aliphatic heterocycles. The number of rotatable bonds is 7. The number of methoxy groups -OCH3 is 2. The van der Waals surface area contributed by atoms with Gasteiger partial charge in [-0.25, -0.2) is 0 Å². The second-order valence-corrected chi connectivity index (χ2v) is 5.32. The summed E-state index contributed by atoms with van der Waals surface area (Å²) < 4.78 is 10.6. The second kappa shape index (κ2) is 6.78. The summed E-state index contributed by atoms with van der Waals surface area (Å²) in [5, 5.41) is 9.35. The van der Waals surface area contributed by atoms with Crippen LogP contribution in [0.4, 0.5) is 0 Å². The third-order valence-electron chi connectivity index (χ3n) is 3.63. The van der Waals surface area contributed by atoms with Gasteiger partial charge >= 0.3 is 0 Å². The van der Waals surface area contributed by atoms with Crippen LogP contribution in [0.3, 0.4) is 0 Å². The highest BCUT2D eigenvalue weighted by atomic mass is 16.5. The van der Waals surface area contributed by atoms with E-state index in [-0.39, 0.29) is 12.1 Å². The lowest BCUT2D eigenvalue weighted by atomic mass is 10.0. The average molecular weight is 267 g/mol.